The third-order valence-electron chi connectivity index (χ3n) is 4.15. The van der Waals surface area contributed by atoms with Gasteiger partial charge in [-0.2, -0.15) is 0 Å². The normalized spacial score (nSPS) is 31.1. The summed E-state index contributed by atoms with van der Waals surface area (Å²) in [5.41, 5.74) is 4.81. The maximum Gasteiger partial charge on any atom is 0.305 e. The van der Waals surface area contributed by atoms with Crippen LogP contribution in [0.15, 0.2) is 0 Å². The van der Waals surface area contributed by atoms with Gasteiger partial charge in [-0.1, -0.05) is 13.8 Å². The largest absolute Gasteiger partial charge is 0.481 e. The SMILES string of the molecule is CC1CCC(C)C1(N[C@H](C=O)CC(=O)O)OCC(C)(C)N. The summed E-state index contributed by atoms with van der Waals surface area (Å²) >= 11 is 0. The van der Waals surface area contributed by atoms with Gasteiger partial charge in [0.05, 0.1) is 19.1 Å². The van der Waals surface area contributed by atoms with Gasteiger partial charge in [-0.3, -0.25) is 10.1 Å². The smallest absolute Gasteiger partial charge is 0.305 e. The molecule has 0 radical (unpaired) electrons. The van der Waals surface area contributed by atoms with Crippen molar-refractivity contribution in [3.63, 3.8) is 0 Å². The van der Waals surface area contributed by atoms with Crippen LogP contribution in [0.5, 0.6) is 0 Å². The zero-order valence-corrected chi connectivity index (χ0v) is 13.4. The fourth-order valence-corrected chi connectivity index (χ4v) is 2.94. The zero-order chi connectivity index (χ0) is 16.3. The average molecular weight is 300 g/mol. The maximum atomic E-state index is 11.2. The van der Waals surface area contributed by atoms with Crippen LogP contribution in [0.2, 0.25) is 0 Å². The molecule has 0 aromatic carbocycles. The Labute approximate surface area is 126 Å². The molecule has 21 heavy (non-hydrogen) atoms. The van der Waals surface area contributed by atoms with Crippen molar-refractivity contribution in [2.45, 2.75) is 64.3 Å². The highest BCUT2D eigenvalue weighted by Gasteiger charge is 2.48. The van der Waals surface area contributed by atoms with Crippen LogP contribution >= 0.6 is 0 Å². The summed E-state index contributed by atoms with van der Waals surface area (Å²) < 4.78 is 6.11. The third kappa shape index (κ3) is 4.76. The Balaban J connectivity index is 2.91. The Bertz CT molecular complexity index is 368. The highest BCUT2D eigenvalue weighted by molar-refractivity contribution is 5.73. The van der Waals surface area contributed by atoms with E-state index < -0.39 is 23.3 Å². The molecule has 3 atom stereocenters. The van der Waals surface area contributed by atoms with Crippen molar-refractivity contribution in [2.75, 3.05) is 6.61 Å². The molecule has 0 aromatic rings. The van der Waals surface area contributed by atoms with Gasteiger partial charge >= 0.3 is 5.97 Å². The van der Waals surface area contributed by atoms with Crippen molar-refractivity contribution >= 4 is 12.3 Å². The molecule has 0 heterocycles. The van der Waals surface area contributed by atoms with Crippen LogP contribution < -0.4 is 11.1 Å². The van der Waals surface area contributed by atoms with Gasteiger partial charge in [-0.05, 0) is 38.5 Å². The number of carbonyl (C=O) groups excluding carboxylic acids is 1. The molecule has 1 aliphatic rings. The number of hydrogen-bond acceptors (Lipinski definition) is 5. The van der Waals surface area contributed by atoms with Crippen LogP contribution in [0.3, 0.4) is 0 Å². The fraction of sp³-hybridized carbons (Fsp3) is 0.867. The number of aldehydes is 1. The summed E-state index contributed by atoms with van der Waals surface area (Å²) in [6, 6.07) is -0.758. The summed E-state index contributed by atoms with van der Waals surface area (Å²) in [6.07, 6.45) is 2.33. The van der Waals surface area contributed by atoms with E-state index in [2.05, 4.69) is 19.2 Å². The van der Waals surface area contributed by atoms with Crippen molar-refractivity contribution in [1.82, 2.24) is 5.32 Å². The standard InChI is InChI=1S/C15H28N2O4/c1-10-5-6-11(2)15(10,21-9-14(3,4)16)17-12(8-18)7-13(19)20/h8,10-12,17H,5-7,9,16H2,1-4H3,(H,19,20)/t10?,11?,12-,15?/m0/s1. The zero-order valence-electron chi connectivity index (χ0n) is 13.4. The van der Waals surface area contributed by atoms with E-state index in [4.69, 9.17) is 15.6 Å². The molecule has 122 valence electrons. The van der Waals surface area contributed by atoms with Crippen molar-refractivity contribution in [3.05, 3.63) is 0 Å². The molecule has 4 N–H and O–H groups in total. The lowest BCUT2D eigenvalue weighted by Crippen LogP contribution is -2.60. The van der Waals surface area contributed by atoms with E-state index >= 15 is 0 Å². The molecule has 1 aliphatic carbocycles. The molecule has 0 amide bonds. The Morgan fingerprint density at radius 2 is 2.00 bits per heavy atom. The number of nitrogens with one attached hydrogen (secondary N) is 1. The molecule has 0 bridgehead atoms. The third-order valence-corrected chi connectivity index (χ3v) is 4.15. The molecule has 0 saturated heterocycles. The molecule has 2 unspecified atom stereocenters. The van der Waals surface area contributed by atoms with Crippen molar-refractivity contribution in [2.24, 2.45) is 17.6 Å². The van der Waals surface area contributed by atoms with Crippen molar-refractivity contribution in [3.8, 4) is 0 Å². The topological polar surface area (TPSA) is 102 Å². The second-order valence-corrected chi connectivity index (χ2v) is 6.93. The predicted octanol–water partition coefficient (Wildman–Crippen LogP) is 1.13. The molecule has 6 heteroatoms. The molecule has 0 spiro atoms. The first-order valence-corrected chi connectivity index (χ1v) is 7.48. The molecule has 1 rings (SSSR count). The second-order valence-electron chi connectivity index (χ2n) is 6.93. The van der Waals surface area contributed by atoms with Gasteiger partial charge in [0.2, 0.25) is 0 Å². The quantitative estimate of drug-likeness (QED) is 0.459. The van der Waals surface area contributed by atoms with Gasteiger partial charge in [0, 0.05) is 5.54 Å². The summed E-state index contributed by atoms with van der Waals surface area (Å²) in [5.74, 6) is -0.635. The van der Waals surface area contributed by atoms with Crippen LogP contribution in [-0.2, 0) is 14.3 Å². The Morgan fingerprint density at radius 3 is 2.38 bits per heavy atom. The first-order chi connectivity index (χ1) is 9.60. The predicted molar refractivity (Wildman–Crippen MR) is 79.8 cm³/mol. The van der Waals surface area contributed by atoms with Gasteiger partial charge in [-0.25, -0.2) is 0 Å². The lowest BCUT2D eigenvalue weighted by atomic mass is 9.93. The molecule has 0 aromatic heterocycles. The Morgan fingerprint density at radius 1 is 1.48 bits per heavy atom. The number of ether oxygens (including phenoxy) is 1. The highest BCUT2D eigenvalue weighted by atomic mass is 16.5. The van der Waals surface area contributed by atoms with E-state index in [0.717, 1.165) is 12.8 Å². The number of carboxylic acids is 1. The van der Waals surface area contributed by atoms with E-state index in [1.165, 1.54) is 0 Å². The lowest BCUT2D eigenvalue weighted by molar-refractivity contribution is -0.148. The number of carboxylic acid groups (broad SMARTS) is 1. The van der Waals surface area contributed by atoms with Crippen LogP contribution in [0.25, 0.3) is 0 Å². The Kier molecular flexibility index (Phi) is 5.90. The molecular weight excluding hydrogens is 272 g/mol. The van der Waals surface area contributed by atoms with E-state index in [1.54, 1.807) is 0 Å². The average Bonchev–Trinajstić information content (AvgIpc) is 2.63. The molecule has 1 saturated carbocycles. The minimum atomic E-state index is -1.01. The van der Waals surface area contributed by atoms with Gasteiger partial charge in [0.1, 0.15) is 12.0 Å². The van der Waals surface area contributed by atoms with Crippen LogP contribution in [-0.4, -0.2) is 41.3 Å². The van der Waals surface area contributed by atoms with Crippen LogP contribution in [0.4, 0.5) is 0 Å². The van der Waals surface area contributed by atoms with E-state index in [9.17, 15) is 9.59 Å². The first-order valence-electron chi connectivity index (χ1n) is 7.48. The number of nitrogens with two attached hydrogens (primary N) is 1. The molecule has 1 fully saturated rings. The van der Waals surface area contributed by atoms with Gasteiger partial charge in [0.15, 0.2) is 0 Å². The van der Waals surface area contributed by atoms with Crippen LogP contribution in [0.1, 0.15) is 47.0 Å². The van der Waals surface area contributed by atoms with Crippen LogP contribution in [0, 0.1) is 11.8 Å². The summed E-state index contributed by atoms with van der Waals surface area (Å²) in [5, 5.41) is 12.1. The minimum absolute atomic E-state index is 0.186. The summed E-state index contributed by atoms with van der Waals surface area (Å²) in [4.78, 5) is 22.0. The number of carbonyl (C=O) groups is 2. The molecular formula is C15H28N2O4. The number of aliphatic carboxylic acids is 1. The van der Waals surface area contributed by atoms with Gasteiger partial charge in [-0.15, -0.1) is 0 Å². The monoisotopic (exact) mass is 300 g/mol. The van der Waals surface area contributed by atoms with Gasteiger partial charge in [0.25, 0.3) is 0 Å². The molecule has 6 nitrogen and oxygen atoms in total. The minimum Gasteiger partial charge on any atom is -0.481 e. The highest BCUT2D eigenvalue weighted by Crippen LogP contribution is 2.42. The summed E-state index contributed by atoms with van der Waals surface area (Å²) in [6.45, 7) is 8.21. The van der Waals surface area contributed by atoms with Gasteiger partial charge < -0.3 is 20.4 Å². The van der Waals surface area contributed by atoms with E-state index in [0.29, 0.717) is 12.9 Å². The second kappa shape index (κ2) is 6.85. The van der Waals surface area contributed by atoms with E-state index in [1.807, 2.05) is 13.8 Å². The van der Waals surface area contributed by atoms with E-state index in [-0.39, 0.29) is 18.3 Å². The first kappa shape index (κ1) is 18.1. The van der Waals surface area contributed by atoms with Crippen molar-refractivity contribution in [1.29, 1.82) is 0 Å². The lowest BCUT2D eigenvalue weighted by Gasteiger charge is -2.42. The molecule has 0 aliphatic heterocycles. The Hall–Kier alpha value is -0.980. The maximum absolute atomic E-state index is 11.2. The summed E-state index contributed by atoms with van der Waals surface area (Å²) in [7, 11) is 0. The van der Waals surface area contributed by atoms with Crippen molar-refractivity contribution < 1.29 is 19.4 Å². The number of rotatable bonds is 8. The number of hydrogen-bond donors (Lipinski definition) is 3. The fourth-order valence-electron chi connectivity index (χ4n) is 2.94.